The van der Waals surface area contributed by atoms with Crippen molar-refractivity contribution in [2.75, 3.05) is 39.3 Å². The van der Waals surface area contributed by atoms with Crippen LogP contribution in [-0.4, -0.2) is 95.5 Å². The number of unbranched alkanes of at least 4 members (excludes halogenated alkanes) is 1. The molecule has 0 radical (unpaired) electrons. The number of alkyl carbamates (subject to hydrolysis) is 1. The molecule has 190 valence electrons. The Morgan fingerprint density at radius 2 is 1.48 bits per heavy atom. The van der Waals surface area contributed by atoms with Crippen molar-refractivity contribution in [3.8, 4) is 0 Å². The summed E-state index contributed by atoms with van der Waals surface area (Å²) in [4.78, 5) is 51.1. The second kappa shape index (κ2) is 12.6. The van der Waals surface area contributed by atoms with E-state index < -0.39 is 29.3 Å². The Hall–Kier alpha value is -2.56. The quantitative estimate of drug-likeness (QED) is 0.341. The Bertz CT molecular complexity index is 677. The number of urea groups is 1. The van der Waals surface area contributed by atoms with Crippen molar-refractivity contribution in [3.63, 3.8) is 0 Å². The van der Waals surface area contributed by atoms with Crippen LogP contribution < -0.4 is 10.6 Å². The highest BCUT2D eigenvalue weighted by Crippen LogP contribution is 2.10. The van der Waals surface area contributed by atoms with Gasteiger partial charge < -0.3 is 30.1 Å². The Balaban J connectivity index is 2.26. The van der Waals surface area contributed by atoms with Crippen LogP contribution in [0.1, 0.15) is 60.8 Å². The van der Waals surface area contributed by atoms with Crippen molar-refractivity contribution >= 4 is 24.1 Å². The number of rotatable bonds is 9. The summed E-state index contributed by atoms with van der Waals surface area (Å²) >= 11 is 0. The zero-order valence-electron chi connectivity index (χ0n) is 20.7. The molecular weight excluding hydrogens is 432 g/mol. The van der Waals surface area contributed by atoms with Crippen molar-refractivity contribution in [1.82, 2.24) is 20.4 Å². The molecule has 3 amide bonds. The predicted molar refractivity (Wildman–Crippen MR) is 122 cm³/mol. The van der Waals surface area contributed by atoms with Gasteiger partial charge in [0.1, 0.15) is 17.2 Å². The fraction of sp³-hybridized carbons (Fsp3) is 0.818. The molecule has 0 spiro atoms. The summed E-state index contributed by atoms with van der Waals surface area (Å²) in [6.07, 6.45) is 0.545. The largest absolute Gasteiger partial charge is 0.480 e. The van der Waals surface area contributed by atoms with E-state index in [0.29, 0.717) is 45.6 Å². The number of carbonyl (C=O) groups excluding carboxylic acids is 3. The average molecular weight is 473 g/mol. The number of ether oxygens (including phenoxy) is 2. The van der Waals surface area contributed by atoms with Crippen LogP contribution in [0.5, 0.6) is 0 Å². The molecule has 1 saturated heterocycles. The SMILES string of the molecule is CC(C)(C)OC(=O)CN1CCN(C(=O)NCCCC[C@H](NC(=O)OC(C)(C)C)C(=O)O)CC1. The summed E-state index contributed by atoms with van der Waals surface area (Å²) in [6, 6.07) is -1.23. The molecule has 3 N–H and O–H groups in total. The van der Waals surface area contributed by atoms with E-state index >= 15 is 0 Å². The molecule has 0 aromatic carbocycles. The van der Waals surface area contributed by atoms with Gasteiger partial charge in [-0.25, -0.2) is 14.4 Å². The molecule has 1 atom stereocenters. The number of aliphatic carboxylic acids is 1. The molecule has 0 aromatic rings. The van der Waals surface area contributed by atoms with E-state index in [1.807, 2.05) is 25.7 Å². The Morgan fingerprint density at radius 1 is 0.909 bits per heavy atom. The maximum atomic E-state index is 12.3. The highest BCUT2D eigenvalue weighted by atomic mass is 16.6. The molecule has 0 aromatic heterocycles. The number of carbonyl (C=O) groups is 4. The maximum Gasteiger partial charge on any atom is 0.408 e. The molecule has 0 saturated carbocycles. The molecule has 11 heteroatoms. The van der Waals surface area contributed by atoms with E-state index in [0.717, 1.165) is 0 Å². The van der Waals surface area contributed by atoms with Gasteiger partial charge >= 0.3 is 24.1 Å². The zero-order chi connectivity index (χ0) is 25.2. The Labute approximate surface area is 196 Å². The smallest absolute Gasteiger partial charge is 0.408 e. The zero-order valence-corrected chi connectivity index (χ0v) is 20.7. The molecular formula is C22H40N4O7. The third kappa shape index (κ3) is 12.9. The minimum Gasteiger partial charge on any atom is -0.480 e. The molecule has 0 bridgehead atoms. The van der Waals surface area contributed by atoms with E-state index in [9.17, 15) is 24.3 Å². The molecule has 1 heterocycles. The molecule has 1 aliphatic rings. The summed E-state index contributed by atoms with van der Waals surface area (Å²) < 4.78 is 10.4. The summed E-state index contributed by atoms with van der Waals surface area (Å²) in [7, 11) is 0. The standard InChI is InChI=1S/C22H40N4O7/c1-21(2,3)32-17(27)15-25-11-13-26(14-12-25)19(30)23-10-8-7-9-16(18(28)29)24-20(31)33-22(4,5)6/h16H,7-15H2,1-6H3,(H,23,30)(H,24,31)(H,28,29)/t16-/m0/s1. The molecule has 1 rings (SSSR count). The molecule has 0 aliphatic carbocycles. The third-order valence-corrected chi connectivity index (χ3v) is 4.62. The number of hydrogen-bond acceptors (Lipinski definition) is 7. The van der Waals surface area contributed by atoms with Gasteiger partial charge in [0.2, 0.25) is 0 Å². The van der Waals surface area contributed by atoms with Crippen LogP contribution in [0.4, 0.5) is 9.59 Å². The van der Waals surface area contributed by atoms with Crippen molar-refractivity contribution < 1.29 is 33.8 Å². The first kappa shape index (κ1) is 28.5. The van der Waals surface area contributed by atoms with Crippen LogP contribution in [0, 0.1) is 0 Å². The van der Waals surface area contributed by atoms with Crippen LogP contribution >= 0.6 is 0 Å². The van der Waals surface area contributed by atoms with Gasteiger partial charge in [0.15, 0.2) is 0 Å². The van der Waals surface area contributed by atoms with Gasteiger partial charge in [0.25, 0.3) is 0 Å². The third-order valence-electron chi connectivity index (χ3n) is 4.62. The summed E-state index contributed by atoms with van der Waals surface area (Å²) in [5.41, 5.74) is -1.23. The minimum atomic E-state index is -1.13. The normalized spacial score (nSPS) is 16.0. The fourth-order valence-corrected chi connectivity index (χ4v) is 3.15. The number of piperazine rings is 1. The predicted octanol–water partition coefficient (Wildman–Crippen LogP) is 1.80. The summed E-state index contributed by atoms with van der Waals surface area (Å²) in [6.45, 7) is 13.4. The lowest BCUT2D eigenvalue weighted by molar-refractivity contribution is -0.156. The number of esters is 1. The number of amides is 3. The van der Waals surface area contributed by atoms with Gasteiger partial charge in [-0.15, -0.1) is 0 Å². The van der Waals surface area contributed by atoms with Gasteiger partial charge in [-0.3, -0.25) is 9.69 Å². The van der Waals surface area contributed by atoms with Gasteiger partial charge in [-0.1, -0.05) is 0 Å². The number of carboxylic acids is 1. The summed E-state index contributed by atoms with van der Waals surface area (Å²) in [5, 5.41) is 14.5. The van der Waals surface area contributed by atoms with E-state index in [2.05, 4.69) is 10.6 Å². The molecule has 11 nitrogen and oxygen atoms in total. The van der Waals surface area contributed by atoms with Crippen LogP contribution in [-0.2, 0) is 19.1 Å². The first-order chi connectivity index (χ1) is 15.2. The highest BCUT2D eigenvalue weighted by molar-refractivity contribution is 5.80. The highest BCUT2D eigenvalue weighted by Gasteiger charge is 2.25. The van der Waals surface area contributed by atoms with Crippen molar-refractivity contribution in [1.29, 1.82) is 0 Å². The second-order valence-corrected chi connectivity index (χ2v) is 10.1. The Morgan fingerprint density at radius 3 is 2.00 bits per heavy atom. The lowest BCUT2D eigenvalue weighted by atomic mass is 10.1. The van der Waals surface area contributed by atoms with Gasteiger partial charge in [-0.2, -0.15) is 0 Å². The lowest BCUT2D eigenvalue weighted by Crippen LogP contribution is -2.53. The van der Waals surface area contributed by atoms with Crippen molar-refractivity contribution in [2.45, 2.75) is 78.0 Å². The van der Waals surface area contributed by atoms with Gasteiger partial charge in [-0.05, 0) is 60.8 Å². The van der Waals surface area contributed by atoms with Gasteiger partial charge in [0.05, 0.1) is 6.54 Å². The average Bonchev–Trinajstić information content (AvgIpc) is 2.64. The number of nitrogens with zero attached hydrogens (tertiary/aromatic N) is 2. The van der Waals surface area contributed by atoms with E-state index in [1.165, 1.54) is 0 Å². The summed E-state index contributed by atoms with van der Waals surface area (Å²) in [5.74, 6) is -1.41. The monoisotopic (exact) mass is 472 g/mol. The number of hydrogen-bond donors (Lipinski definition) is 3. The van der Waals surface area contributed by atoms with E-state index in [1.54, 1.807) is 25.7 Å². The second-order valence-electron chi connectivity index (χ2n) is 10.1. The van der Waals surface area contributed by atoms with Crippen LogP contribution in [0.25, 0.3) is 0 Å². The van der Waals surface area contributed by atoms with Crippen molar-refractivity contribution in [3.05, 3.63) is 0 Å². The van der Waals surface area contributed by atoms with Crippen LogP contribution in [0.15, 0.2) is 0 Å². The molecule has 0 unspecified atom stereocenters. The molecule has 1 fully saturated rings. The molecule has 33 heavy (non-hydrogen) atoms. The van der Waals surface area contributed by atoms with Gasteiger partial charge in [0, 0.05) is 32.7 Å². The Kier molecular flexibility index (Phi) is 10.9. The number of carboxylic acid groups (broad SMARTS) is 1. The molecule has 1 aliphatic heterocycles. The van der Waals surface area contributed by atoms with Crippen LogP contribution in [0.2, 0.25) is 0 Å². The van der Waals surface area contributed by atoms with Crippen LogP contribution in [0.3, 0.4) is 0 Å². The lowest BCUT2D eigenvalue weighted by Gasteiger charge is -2.34. The first-order valence-electron chi connectivity index (χ1n) is 11.4. The minimum absolute atomic E-state index is 0.186. The first-order valence-corrected chi connectivity index (χ1v) is 11.4. The van der Waals surface area contributed by atoms with E-state index in [4.69, 9.17) is 9.47 Å². The van der Waals surface area contributed by atoms with E-state index in [-0.39, 0.29) is 25.0 Å². The maximum absolute atomic E-state index is 12.3. The van der Waals surface area contributed by atoms with Crippen molar-refractivity contribution in [2.24, 2.45) is 0 Å². The topological polar surface area (TPSA) is 138 Å². The fourth-order valence-electron chi connectivity index (χ4n) is 3.15. The number of nitrogens with one attached hydrogen (secondary N) is 2.